The molecule has 21 heavy (non-hydrogen) atoms. The zero-order valence-electron chi connectivity index (χ0n) is 12.1. The summed E-state index contributed by atoms with van der Waals surface area (Å²) in [7, 11) is 0. The molecule has 110 valence electrons. The van der Waals surface area contributed by atoms with E-state index in [0.717, 1.165) is 11.5 Å². The number of benzene rings is 1. The highest BCUT2D eigenvalue weighted by Gasteiger charge is 2.10. The Hall–Kier alpha value is -2.08. The number of aromatic nitrogens is 1. The van der Waals surface area contributed by atoms with E-state index < -0.39 is 0 Å². The van der Waals surface area contributed by atoms with Crippen LogP contribution in [-0.2, 0) is 4.79 Å². The summed E-state index contributed by atoms with van der Waals surface area (Å²) in [4.78, 5) is 27.4. The normalized spacial score (nSPS) is 10.4. The maximum absolute atomic E-state index is 11.9. The Morgan fingerprint density at radius 3 is 2.71 bits per heavy atom. The van der Waals surface area contributed by atoms with Crippen LogP contribution >= 0.6 is 11.8 Å². The van der Waals surface area contributed by atoms with Crippen LogP contribution < -0.4 is 5.32 Å². The average molecular weight is 304 g/mol. The van der Waals surface area contributed by atoms with Gasteiger partial charge in [-0.15, -0.1) is 0 Å². The number of anilines is 1. The van der Waals surface area contributed by atoms with Crippen LogP contribution in [0.4, 0.5) is 5.69 Å². The second-order valence-corrected chi connectivity index (χ2v) is 5.52. The third kappa shape index (κ3) is 4.19. The van der Waals surface area contributed by atoms with Crippen LogP contribution in [0.5, 0.6) is 0 Å². The van der Waals surface area contributed by atoms with E-state index in [4.69, 9.17) is 4.42 Å². The predicted octanol–water partition coefficient (Wildman–Crippen LogP) is 3.22. The van der Waals surface area contributed by atoms with E-state index in [2.05, 4.69) is 10.3 Å². The van der Waals surface area contributed by atoms with Gasteiger partial charge in [0.1, 0.15) is 5.76 Å². The van der Waals surface area contributed by atoms with E-state index in [1.165, 1.54) is 18.7 Å². The number of carbonyl (C=O) groups excluding carboxylic acids is 2. The Balaban J connectivity index is 1.92. The van der Waals surface area contributed by atoms with Crippen molar-refractivity contribution in [3.63, 3.8) is 0 Å². The molecule has 6 heteroatoms. The van der Waals surface area contributed by atoms with E-state index in [1.807, 2.05) is 13.8 Å². The number of thioether (sulfide) groups is 1. The molecule has 0 fully saturated rings. The fourth-order valence-electron chi connectivity index (χ4n) is 1.65. The van der Waals surface area contributed by atoms with Gasteiger partial charge in [0.2, 0.25) is 5.91 Å². The standard InChI is InChI=1S/C15H16N2O3S/c1-9-11(3)20-15(16-9)21-8-14(19)17-13-6-4-5-12(7-13)10(2)18/h4-7H,8H2,1-3H3,(H,17,19). The maximum atomic E-state index is 11.9. The molecule has 0 bridgehead atoms. The average Bonchev–Trinajstić information content (AvgIpc) is 2.76. The fraction of sp³-hybridized carbons (Fsp3) is 0.267. The number of hydrogen-bond donors (Lipinski definition) is 1. The molecule has 1 aromatic carbocycles. The van der Waals surface area contributed by atoms with Gasteiger partial charge in [0.25, 0.3) is 5.22 Å². The van der Waals surface area contributed by atoms with E-state index in [1.54, 1.807) is 24.3 Å². The van der Waals surface area contributed by atoms with Gasteiger partial charge in [-0.2, -0.15) is 0 Å². The first-order valence-corrected chi connectivity index (χ1v) is 7.42. The van der Waals surface area contributed by atoms with Gasteiger partial charge in [0.05, 0.1) is 11.4 Å². The van der Waals surface area contributed by atoms with Crippen LogP contribution in [0.3, 0.4) is 0 Å². The molecule has 0 atom stereocenters. The van der Waals surface area contributed by atoms with Gasteiger partial charge >= 0.3 is 0 Å². The van der Waals surface area contributed by atoms with Crippen LogP contribution in [0.2, 0.25) is 0 Å². The third-order valence-electron chi connectivity index (χ3n) is 2.89. The molecular formula is C15H16N2O3S. The molecule has 1 aromatic heterocycles. The smallest absolute Gasteiger partial charge is 0.256 e. The molecule has 1 amide bonds. The second-order valence-electron chi connectivity index (χ2n) is 4.60. The quantitative estimate of drug-likeness (QED) is 0.678. The summed E-state index contributed by atoms with van der Waals surface area (Å²) in [6.45, 7) is 5.18. The van der Waals surface area contributed by atoms with Crippen molar-refractivity contribution >= 4 is 29.1 Å². The Kier molecular flexibility index (Phi) is 4.80. The number of oxazole rings is 1. The molecule has 0 saturated heterocycles. The first kappa shape index (κ1) is 15.3. The summed E-state index contributed by atoms with van der Waals surface area (Å²) in [6, 6.07) is 6.85. The number of aryl methyl sites for hydroxylation is 2. The lowest BCUT2D eigenvalue weighted by atomic mass is 10.1. The highest BCUT2D eigenvalue weighted by Crippen LogP contribution is 2.20. The number of hydrogen-bond acceptors (Lipinski definition) is 5. The highest BCUT2D eigenvalue weighted by atomic mass is 32.2. The summed E-state index contributed by atoms with van der Waals surface area (Å²) in [6.07, 6.45) is 0. The first-order chi connectivity index (χ1) is 9.95. The van der Waals surface area contributed by atoms with E-state index in [-0.39, 0.29) is 17.4 Å². The number of carbonyl (C=O) groups is 2. The van der Waals surface area contributed by atoms with E-state index in [0.29, 0.717) is 16.5 Å². The number of rotatable bonds is 5. The fourth-order valence-corrected chi connectivity index (χ4v) is 2.36. The first-order valence-electron chi connectivity index (χ1n) is 6.43. The summed E-state index contributed by atoms with van der Waals surface area (Å²) >= 11 is 1.24. The van der Waals surface area contributed by atoms with Crippen LogP contribution in [-0.4, -0.2) is 22.4 Å². The Morgan fingerprint density at radius 1 is 1.33 bits per heavy atom. The molecule has 1 heterocycles. The number of amides is 1. The van der Waals surface area contributed by atoms with Crippen molar-refractivity contribution in [1.29, 1.82) is 0 Å². The Labute approximate surface area is 127 Å². The summed E-state index contributed by atoms with van der Waals surface area (Å²) in [5.41, 5.74) is 2.00. The molecule has 2 rings (SSSR count). The molecule has 0 radical (unpaired) electrons. The number of Topliss-reactive ketones (excluding diaryl/α,β-unsaturated/α-hetero) is 1. The van der Waals surface area contributed by atoms with Gasteiger partial charge in [0, 0.05) is 11.3 Å². The summed E-state index contributed by atoms with van der Waals surface area (Å²) in [5, 5.41) is 3.23. The number of nitrogens with zero attached hydrogens (tertiary/aromatic N) is 1. The third-order valence-corrected chi connectivity index (χ3v) is 3.72. The van der Waals surface area contributed by atoms with Crippen molar-refractivity contribution in [1.82, 2.24) is 4.98 Å². The largest absolute Gasteiger partial charge is 0.437 e. The number of nitrogens with one attached hydrogen (secondary N) is 1. The summed E-state index contributed by atoms with van der Waals surface area (Å²) in [5.74, 6) is 0.747. The zero-order valence-corrected chi connectivity index (χ0v) is 12.9. The summed E-state index contributed by atoms with van der Waals surface area (Å²) < 4.78 is 5.39. The molecule has 2 aromatic rings. The molecular weight excluding hydrogens is 288 g/mol. The van der Waals surface area contributed by atoms with Gasteiger partial charge in [-0.1, -0.05) is 23.9 Å². The minimum absolute atomic E-state index is 0.0359. The second kappa shape index (κ2) is 6.58. The van der Waals surface area contributed by atoms with Crippen molar-refractivity contribution in [3.05, 3.63) is 41.3 Å². The molecule has 0 aliphatic rings. The predicted molar refractivity (Wildman–Crippen MR) is 81.8 cm³/mol. The van der Waals surface area contributed by atoms with Crippen LogP contribution in [0.1, 0.15) is 28.7 Å². The van der Waals surface area contributed by atoms with Crippen molar-refractivity contribution in [2.24, 2.45) is 0 Å². The van der Waals surface area contributed by atoms with Crippen molar-refractivity contribution in [2.75, 3.05) is 11.1 Å². The maximum Gasteiger partial charge on any atom is 0.256 e. The molecule has 0 unspecified atom stereocenters. The minimum atomic E-state index is -0.172. The van der Waals surface area contributed by atoms with Crippen LogP contribution in [0, 0.1) is 13.8 Å². The highest BCUT2D eigenvalue weighted by molar-refractivity contribution is 7.99. The Morgan fingerprint density at radius 2 is 2.10 bits per heavy atom. The molecule has 1 N–H and O–H groups in total. The monoisotopic (exact) mass is 304 g/mol. The van der Waals surface area contributed by atoms with E-state index >= 15 is 0 Å². The van der Waals surface area contributed by atoms with Gasteiger partial charge in [-0.3, -0.25) is 9.59 Å². The van der Waals surface area contributed by atoms with Crippen molar-refractivity contribution in [2.45, 2.75) is 26.0 Å². The molecule has 5 nitrogen and oxygen atoms in total. The van der Waals surface area contributed by atoms with Crippen molar-refractivity contribution < 1.29 is 14.0 Å². The lowest BCUT2D eigenvalue weighted by Crippen LogP contribution is -2.14. The van der Waals surface area contributed by atoms with Gasteiger partial charge < -0.3 is 9.73 Å². The van der Waals surface area contributed by atoms with Gasteiger partial charge in [-0.25, -0.2) is 4.98 Å². The molecule has 0 aliphatic carbocycles. The van der Waals surface area contributed by atoms with Gasteiger partial charge in [0.15, 0.2) is 5.78 Å². The van der Waals surface area contributed by atoms with E-state index in [9.17, 15) is 9.59 Å². The molecule has 0 spiro atoms. The number of ketones is 1. The Bertz CT molecular complexity index is 660. The lowest BCUT2D eigenvalue weighted by Gasteiger charge is -2.05. The van der Waals surface area contributed by atoms with Crippen LogP contribution in [0.15, 0.2) is 33.9 Å². The van der Waals surface area contributed by atoms with Gasteiger partial charge in [-0.05, 0) is 32.9 Å². The molecule has 0 aliphatic heterocycles. The van der Waals surface area contributed by atoms with Crippen molar-refractivity contribution in [3.8, 4) is 0 Å². The minimum Gasteiger partial charge on any atom is -0.437 e. The zero-order chi connectivity index (χ0) is 15.4. The topological polar surface area (TPSA) is 72.2 Å². The molecule has 0 saturated carbocycles. The van der Waals surface area contributed by atoms with Crippen LogP contribution in [0.25, 0.3) is 0 Å². The lowest BCUT2D eigenvalue weighted by molar-refractivity contribution is -0.113. The SMILES string of the molecule is CC(=O)c1cccc(NC(=O)CSc2nc(C)c(C)o2)c1.